The molecule has 0 radical (unpaired) electrons. The maximum atomic E-state index is 13.9. The number of likely N-dealkylation sites (tertiary alicyclic amines) is 2. The first-order chi connectivity index (χ1) is 22.6. The Kier molecular flexibility index (Phi) is 9.24. The van der Waals surface area contributed by atoms with E-state index in [2.05, 4.69) is 36.1 Å². The Morgan fingerprint density at radius 3 is 2.38 bits per heavy atom. The van der Waals surface area contributed by atoms with Crippen LogP contribution in [0.15, 0.2) is 77.3 Å². The largest absolute Gasteiger partial charge is 0.437 e. The lowest BCUT2D eigenvalue weighted by molar-refractivity contribution is -0.141. The standard InChI is InChI=1S/C32H32F4N8O3/c33-24-8-4-5-9-25(24)41-31(46)44-15-13-23(19-44)38-26-11-10-21(16-37-26)39-29(45)27-28(32(34,35)36)42-30(47-27)40-22-12-14-43(18-22)17-20-6-2-1-3-7-20/h1-11,16,22-23H,12-15,17-19H2,(H,37,38)(H,39,45)(H,40,42)(H,41,46). The molecule has 15 heteroatoms. The molecule has 4 heterocycles. The fraction of sp³-hybridized carbons (Fsp3) is 0.312. The number of carbonyl (C=O) groups excluding carboxylic acids is 2. The average molecular weight is 653 g/mol. The zero-order valence-electron chi connectivity index (χ0n) is 25.1. The van der Waals surface area contributed by atoms with Crippen LogP contribution in [0.25, 0.3) is 0 Å². The summed E-state index contributed by atoms with van der Waals surface area (Å²) in [4.78, 5) is 37.0. The van der Waals surface area contributed by atoms with Gasteiger partial charge in [-0.1, -0.05) is 42.5 Å². The lowest BCUT2D eigenvalue weighted by atomic mass is 10.2. The van der Waals surface area contributed by atoms with Crippen LogP contribution in [0.5, 0.6) is 0 Å². The molecule has 246 valence electrons. The van der Waals surface area contributed by atoms with Crippen molar-refractivity contribution in [3.8, 4) is 0 Å². The number of pyridine rings is 1. The third kappa shape index (κ3) is 7.98. The monoisotopic (exact) mass is 652 g/mol. The maximum absolute atomic E-state index is 13.9. The van der Waals surface area contributed by atoms with E-state index in [1.165, 1.54) is 30.5 Å². The quantitative estimate of drug-likeness (QED) is 0.165. The van der Waals surface area contributed by atoms with Crippen LogP contribution in [0.3, 0.4) is 0 Å². The highest BCUT2D eigenvalue weighted by molar-refractivity contribution is 6.03. The van der Waals surface area contributed by atoms with E-state index in [1.54, 1.807) is 17.0 Å². The first-order valence-electron chi connectivity index (χ1n) is 15.1. The van der Waals surface area contributed by atoms with E-state index in [0.29, 0.717) is 44.8 Å². The minimum Gasteiger partial charge on any atom is -0.418 e. The van der Waals surface area contributed by atoms with E-state index >= 15 is 0 Å². The number of nitrogens with zero attached hydrogens (tertiary/aromatic N) is 4. The molecule has 4 N–H and O–H groups in total. The molecule has 2 unspecified atom stereocenters. The second kappa shape index (κ2) is 13.7. The van der Waals surface area contributed by atoms with E-state index in [4.69, 9.17) is 4.42 Å². The third-order valence-corrected chi connectivity index (χ3v) is 7.92. The van der Waals surface area contributed by atoms with Crippen molar-refractivity contribution < 1.29 is 31.6 Å². The van der Waals surface area contributed by atoms with Crippen LogP contribution in [0.4, 0.5) is 45.6 Å². The molecular formula is C32H32F4N8O3. The van der Waals surface area contributed by atoms with Crippen LogP contribution in [-0.2, 0) is 12.7 Å². The van der Waals surface area contributed by atoms with E-state index in [-0.39, 0.29) is 29.5 Å². The highest BCUT2D eigenvalue weighted by Crippen LogP contribution is 2.34. The summed E-state index contributed by atoms with van der Waals surface area (Å²) in [6.07, 6.45) is -2.35. The van der Waals surface area contributed by atoms with Crippen LogP contribution < -0.4 is 21.3 Å². The van der Waals surface area contributed by atoms with E-state index < -0.39 is 35.4 Å². The number of nitrogens with one attached hydrogen (secondary N) is 4. The second-order valence-electron chi connectivity index (χ2n) is 11.4. The Morgan fingerprint density at radius 2 is 1.64 bits per heavy atom. The topological polar surface area (TPSA) is 128 Å². The van der Waals surface area contributed by atoms with Gasteiger partial charge in [0.15, 0.2) is 5.69 Å². The molecule has 0 aliphatic carbocycles. The molecule has 2 fully saturated rings. The van der Waals surface area contributed by atoms with Gasteiger partial charge < -0.3 is 30.6 Å². The number of rotatable bonds is 9. The smallest absolute Gasteiger partial charge is 0.418 e. The summed E-state index contributed by atoms with van der Waals surface area (Å²) in [7, 11) is 0. The maximum Gasteiger partial charge on any atom is 0.437 e. The molecule has 2 aliphatic rings. The van der Waals surface area contributed by atoms with Gasteiger partial charge >= 0.3 is 12.2 Å². The van der Waals surface area contributed by atoms with Crippen molar-refractivity contribution in [1.29, 1.82) is 0 Å². The van der Waals surface area contributed by atoms with Crippen LogP contribution in [-0.4, -0.2) is 70.0 Å². The fourth-order valence-electron chi connectivity index (χ4n) is 5.61. The van der Waals surface area contributed by atoms with Gasteiger partial charge in [0.1, 0.15) is 11.6 Å². The highest BCUT2D eigenvalue weighted by Gasteiger charge is 2.42. The van der Waals surface area contributed by atoms with Crippen molar-refractivity contribution in [3.05, 3.63) is 95.8 Å². The van der Waals surface area contributed by atoms with Crippen LogP contribution in [0.2, 0.25) is 0 Å². The summed E-state index contributed by atoms with van der Waals surface area (Å²) in [6, 6.07) is 17.6. The van der Waals surface area contributed by atoms with Gasteiger partial charge in [0.25, 0.3) is 11.9 Å². The Bertz CT molecular complexity index is 1700. The summed E-state index contributed by atoms with van der Waals surface area (Å²) >= 11 is 0. The lowest BCUT2D eigenvalue weighted by Crippen LogP contribution is -2.35. The predicted molar refractivity (Wildman–Crippen MR) is 166 cm³/mol. The highest BCUT2D eigenvalue weighted by atomic mass is 19.4. The Labute approximate surface area is 267 Å². The van der Waals surface area contributed by atoms with E-state index in [1.807, 2.05) is 30.3 Å². The molecule has 11 nitrogen and oxygen atoms in total. The number of carbonyl (C=O) groups is 2. The Balaban J connectivity index is 1.02. The van der Waals surface area contributed by atoms with Crippen molar-refractivity contribution in [2.45, 2.75) is 37.6 Å². The van der Waals surface area contributed by atoms with Crippen LogP contribution in [0.1, 0.15) is 34.7 Å². The summed E-state index contributed by atoms with van der Waals surface area (Å²) in [5.41, 5.74) is -0.0570. The number of para-hydroxylation sites is 1. The molecule has 0 spiro atoms. The van der Waals surface area contributed by atoms with Crippen molar-refractivity contribution in [2.75, 3.05) is 47.4 Å². The van der Waals surface area contributed by atoms with E-state index in [0.717, 1.165) is 12.1 Å². The zero-order valence-corrected chi connectivity index (χ0v) is 25.1. The lowest BCUT2D eigenvalue weighted by Gasteiger charge is -2.18. The zero-order chi connectivity index (χ0) is 33.0. The van der Waals surface area contributed by atoms with Gasteiger partial charge in [-0.25, -0.2) is 14.2 Å². The first-order valence-corrected chi connectivity index (χ1v) is 15.1. The molecule has 2 aliphatic heterocycles. The summed E-state index contributed by atoms with van der Waals surface area (Å²) in [6.45, 7) is 2.81. The number of urea groups is 1. The number of aromatic nitrogens is 2. The Hall–Kier alpha value is -5.18. The number of oxazole rings is 1. The molecule has 47 heavy (non-hydrogen) atoms. The predicted octanol–water partition coefficient (Wildman–Crippen LogP) is 5.88. The van der Waals surface area contributed by atoms with Gasteiger partial charge in [-0.2, -0.15) is 18.2 Å². The third-order valence-electron chi connectivity index (χ3n) is 7.92. The number of anilines is 4. The molecule has 2 aromatic carbocycles. The molecule has 3 amide bonds. The molecule has 2 atom stereocenters. The van der Waals surface area contributed by atoms with Gasteiger partial charge in [0.05, 0.1) is 17.6 Å². The summed E-state index contributed by atoms with van der Waals surface area (Å²) in [5.74, 6) is -2.17. The van der Waals surface area contributed by atoms with Gasteiger partial charge in [-0.3, -0.25) is 9.69 Å². The number of amides is 3. The minimum atomic E-state index is -4.92. The number of hydrogen-bond acceptors (Lipinski definition) is 8. The van der Waals surface area contributed by atoms with Gasteiger partial charge in [-0.15, -0.1) is 0 Å². The normalized spacial score (nSPS) is 18.3. The fourth-order valence-corrected chi connectivity index (χ4v) is 5.61. The van der Waals surface area contributed by atoms with Crippen molar-refractivity contribution in [3.63, 3.8) is 0 Å². The number of hydrogen-bond donors (Lipinski definition) is 4. The number of benzene rings is 2. The van der Waals surface area contributed by atoms with Gasteiger partial charge in [0.2, 0.25) is 5.76 Å². The SMILES string of the molecule is O=C(Nc1ccc(NC2CCN(C(=O)Nc3ccccc3F)C2)nc1)c1oc(NC2CCN(Cc3ccccc3)C2)nc1C(F)(F)F. The molecule has 0 bridgehead atoms. The van der Waals surface area contributed by atoms with E-state index in [9.17, 15) is 27.2 Å². The number of halogens is 4. The minimum absolute atomic E-state index is 0.0908. The molecule has 4 aromatic rings. The molecule has 2 aromatic heterocycles. The van der Waals surface area contributed by atoms with Crippen molar-refractivity contribution in [1.82, 2.24) is 19.8 Å². The molecular weight excluding hydrogens is 620 g/mol. The van der Waals surface area contributed by atoms with Crippen molar-refractivity contribution >= 4 is 35.1 Å². The molecule has 2 saturated heterocycles. The second-order valence-corrected chi connectivity index (χ2v) is 11.4. The van der Waals surface area contributed by atoms with Crippen LogP contribution >= 0.6 is 0 Å². The molecule has 6 rings (SSSR count). The summed E-state index contributed by atoms with van der Waals surface area (Å²) in [5, 5.41) is 11.0. The van der Waals surface area contributed by atoms with Gasteiger partial charge in [-0.05, 0) is 42.7 Å². The number of alkyl halides is 3. The summed E-state index contributed by atoms with van der Waals surface area (Å²) < 4.78 is 60.7. The van der Waals surface area contributed by atoms with Crippen LogP contribution in [0, 0.1) is 5.82 Å². The van der Waals surface area contributed by atoms with Crippen molar-refractivity contribution in [2.24, 2.45) is 0 Å². The Morgan fingerprint density at radius 1 is 0.894 bits per heavy atom. The van der Waals surface area contributed by atoms with Gasteiger partial charge in [0, 0.05) is 44.8 Å². The first kappa shape index (κ1) is 31.8. The molecule has 0 saturated carbocycles. The average Bonchev–Trinajstić information content (AvgIpc) is 3.80.